The van der Waals surface area contributed by atoms with Gasteiger partial charge in [0.25, 0.3) is 5.91 Å². The first-order valence-corrected chi connectivity index (χ1v) is 8.00. The van der Waals surface area contributed by atoms with Gasteiger partial charge in [0.1, 0.15) is 0 Å². The molecule has 0 spiro atoms. The molecule has 3 rings (SSSR count). The van der Waals surface area contributed by atoms with Crippen LogP contribution in [0.2, 0.25) is 0 Å². The molecule has 0 aliphatic carbocycles. The van der Waals surface area contributed by atoms with Crippen molar-refractivity contribution < 1.29 is 4.79 Å². The standard InChI is InChI=1S/C21H21NO/c1-2-9-19-16-22(15-18-12-7-4-8-13-18)21(23)20(19)14-17-10-5-3-6-11-17/h2-14,19H,15-16H2,1H3/b9-2+,20-14-. The first kappa shape index (κ1) is 15.3. The van der Waals surface area contributed by atoms with E-state index < -0.39 is 0 Å². The number of hydrogen-bond acceptors (Lipinski definition) is 1. The quantitative estimate of drug-likeness (QED) is 0.609. The van der Waals surface area contributed by atoms with Crippen LogP contribution in [0.1, 0.15) is 18.1 Å². The van der Waals surface area contributed by atoms with Crippen molar-refractivity contribution in [2.75, 3.05) is 6.54 Å². The van der Waals surface area contributed by atoms with Crippen LogP contribution in [0.3, 0.4) is 0 Å². The highest BCUT2D eigenvalue weighted by Gasteiger charge is 2.33. The zero-order chi connectivity index (χ0) is 16.1. The number of allylic oxidation sites excluding steroid dienone is 1. The van der Waals surface area contributed by atoms with E-state index in [1.54, 1.807) is 0 Å². The second-order valence-corrected chi connectivity index (χ2v) is 5.81. The van der Waals surface area contributed by atoms with Gasteiger partial charge < -0.3 is 4.90 Å². The van der Waals surface area contributed by atoms with Crippen molar-refractivity contribution in [3.05, 3.63) is 89.5 Å². The summed E-state index contributed by atoms with van der Waals surface area (Å²) in [6.07, 6.45) is 6.18. The Kier molecular flexibility index (Phi) is 4.72. The Balaban J connectivity index is 1.86. The van der Waals surface area contributed by atoms with Crippen LogP contribution in [0.4, 0.5) is 0 Å². The van der Waals surface area contributed by atoms with E-state index in [0.717, 1.165) is 17.7 Å². The Hall–Kier alpha value is -2.61. The van der Waals surface area contributed by atoms with Gasteiger partial charge >= 0.3 is 0 Å². The summed E-state index contributed by atoms with van der Waals surface area (Å²) in [6.45, 7) is 3.42. The molecule has 116 valence electrons. The Bertz CT molecular complexity index is 716. The lowest BCUT2D eigenvalue weighted by molar-refractivity contribution is -0.125. The third kappa shape index (κ3) is 3.59. The summed E-state index contributed by atoms with van der Waals surface area (Å²) in [4.78, 5) is 14.8. The van der Waals surface area contributed by atoms with Crippen LogP contribution in [-0.2, 0) is 11.3 Å². The molecule has 0 saturated carbocycles. The third-order valence-corrected chi connectivity index (χ3v) is 4.11. The van der Waals surface area contributed by atoms with Gasteiger partial charge in [0.15, 0.2) is 0 Å². The Morgan fingerprint density at radius 2 is 1.70 bits per heavy atom. The maximum atomic E-state index is 12.8. The van der Waals surface area contributed by atoms with E-state index in [-0.39, 0.29) is 11.8 Å². The van der Waals surface area contributed by atoms with E-state index in [0.29, 0.717) is 6.54 Å². The zero-order valence-electron chi connectivity index (χ0n) is 13.4. The van der Waals surface area contributed by atoms with Crippen LogP contribution in [0.25, 0.3) is 6.08 Å². The minimum Gasteiger partial charge on any atom is -0.334 e. The summed E-state index contributed by atoms with van der Waals surface area (Å²) >= 11 is 0. The fourth-order valence-electron chi connectivity index (χ4n) is 2.99. The minimum absolute atomic E-state index is 0.140. The molecule has 1 amide bonds. The molecule has 0 bridgehead atoms. The fourth-order valence-corrected chi connectivity index (χ4v) is 2.99. The van der Waals surface area contributed by atoms with Crippen molar-refractivity contribution in [2.24, 2.45) is 5.92 Å². The van der Waals surface area contributed by atoms with Gasteiger partial charge in [-0.2, -0.15) is 0 Å². The van der Waals surface area contributed by atoms with Crippen LogP contribution < -0.4 is 0 Å². The second kappa shape index (κ2) is 7.10. The number of rotatable bonds is 4. The van der Waals surface area contributed by atoms with Gasteiger partial charge in [-0.3, -0.25) is 4.79 Å². The molecule has 1 heterocycles. The number of carbonyl (C=O) groups excluding carboxylic acids is 1. The van der Waals surface area contributed by atoms with Crippen LogP contribution >= 0.6 is 0 Å². The summed E-state index contributed by atoms with van der Waals surface area (Å²) in [5.74, 6) is 0.303. The summed E-state index contributed by atoms with van der Waals surface area (Å²) in [7, 11) is 0. The average molecular weight is 303 g/mol. The molecule has 2 aromatic carbocycles. The molecule has 1 aliphatic rings. The number of carbonyl (C=O) groups is 1. The highest BCUT2D eigenvalue weighted by Crippen LogP contribution is 2.28. The van der Waals surface area contributed by atoms with Gasteiger partial charge in [0, 0.05) is 24.6 Å². The third-order valence-electron chi connectivity index (χ3n) is 4.11. The lowest BCUT2D eigenvalue weighted by Crippen LogP contribution is -2.24. The van der Waals surface area contributed by atoms with Crippen molar-refractivity contribution in [1.29, 1.82) is 0 Å². The molecule has 1 saturated heterocycles. The van der Waals surface area contributed by atoms with Gasteiger partial charge in [0.2, 0.25) is 0 Å². The maximum Gasteiger partial charge on any atom is 0.250 e. The normalized spacial score (nSPS) is 19.9. The molecule has 0 radical (unpaired) electrons. The van der Waals surface area contributed by atoms with Gasteiger partial charge in [-0.1, -0.05) is 72.8 Å². The Morgan fingerprint density at radius 1 is 1.04 bits per heavy atom. The number of amides is 1. The predicted molar refractivity (Wildman–Crippen MR) is 94.6 cm³/mol. The molecule has 0 aromatic heterocycles. The monoisotopic (exact) mass is 303 g/mol. The largest absolute Gasteiger partial charge is 0.334 e. The van der Waals surface area contributed by atoms with Crippen molar-refractivity contribution in [2.45, 2.75) is 13.5 Å². The summed E-state index contributed by atoms with van der Waals surface area (Å²) in [5, 5.41) is 0. The molecule has 1 aliphatic heterocycles. The lowest BCUT2D eigenvalue weighted by Gasteiger charge is -2.15. The molecule has 2 heteroatoms. The Morgan fingerprint density at radius 3 is 2.35 bits per heavy atom. The van der Waals surface area contributed by atoms with E-state index in [2.05, 4.69) is 18.2 Å². The number of benzene rings is 2. The summed E-state index contributed by atoms with van der Waals surface area (Å²) < 4.78 is 0. The van der Waals surface area contributed by atoms with Gasteiger partial charge in [-0.05, 0) is 24.1 Å². The van der Waals surface area contributed by atoms with E-state index in [4.69, 9.17) is 0 Å². The SMILES string of the molecule is C/C=C/C1CN(Cc2ccccc2)C(=O)/C1=C\c1ccccc1. The molecular weight excluding hydrogens is 282 g/mol. The van der Waals surface area contributed by atoms with Crippen molar-refractivity contribution in [3.63, 3.8) is 0 Å². The molecular formula is C21H21NO. The number of nitrogens with zero attached hydrogens (tertiary/aromatic N) is 1. The van der Waals surface area contributed by atoms with Gasteiger partial charge in [-0.15, -0.1) is 0 Å². The second-order valence-electron chi connectivity index (χ2n) is 5.81. The average Bonchev–Trinajstić information content (AvgIpc) is 2.86. The van der Waals surface area contributed by atoms with Gasteiger partial charge in [0.05, 0.1) is 0 Å². The van der Waals surface area contributed by atoms with E-state index in [9.17, 15) is 4.79 Å². The van der Waals surface area contributed by atoms with Crippen LogP contribution in [0.15, 0.2) is 78.4 Å². The topological polar surface area (TPSA) is 20.3 Å². The summed E-state index contributed by atoms with van der Waals surface area (Å²) in [5.41, 5.74) is 3.12. The summed E-state index contributed by atoms with van der Waals surface area (Å²) in [6, 6.07) is 20.2. The van der Waals surface area contributed by atoms with Crippen LogP contribution in [0.5, 0.6) is 0 Å². The molecule has 23 heavy (non-hydrogen) atoms. The maximum absolute atomic E-state index is 12.8. The van der Waals surface area contributed by atoms with Crippen LogP contribution in [0, 0.1) is 5.92 Å². The van der Waals surface area contributed by atoms with Crippen molar-refractivity contribution >= 4 is 12.0 Å². The molecule has 1 unspecified atom stereocenters. The minimum atomic E-state index is 0.140. The molecule has 2 aromatic rings. The number of hydrogen-bond donors (Lipinski definition) is 0. The zero-order valence-corrected chi connectivity index (χ0v) is 13.4. The highest BCUT2D eigenvalue weighted by atomic mass is 16.2. The van der Waals surface area contributed by atoms with Crippen molar-refractivity contribution in [1.82, 2.24) is 4.90 Å². The van der Waals surface area contributed by atoms with E-state index in [1.807, 2.05) is 72.5 Å². The molecule has 1 fully saturated rings. The molecule has 2 nitrogen and oxygen atoms in total. The van der Waals surface area contributed by atoms with E-state index >= 15 is 0 Å². The first-order chi connectivity index (χ1) is 11.3. The van der Waals surface area contributed by atoms with E-state index in [1.165, 1.54) is 5.56 Å². The fraction of sp³-hybridized carbons (Fsp3) is 0.190. The smallest absolute Gasteiger partial charge is 0.250 e. The Labute approximate surface area is 137 Å². The lowest BCUT2D eigenvalue weighted by atomic mass is 9.99. The van der Waals surface area contributed by atoms with Crippen molar-refractivity contribution in [3.8, 4) is 0 Å². The van der Waals surface area contributed by atoms with Crippen LogP contribution in [-0.4, -0.2) is 17.4 Å². The highest BCUT2D eigenvalue weighted by molar-refractivity contribution is 6.01. The van der Waals surface area contributed by atoms with Gasteiger partial charge in [-0.25, -0.2) is 0 Å². The number of likely N-dealkylation sites (tertiary alicyclic amines) is 1. The molecule has 0 N–H and O–H groups in total. The molecule has 1 atom stereocenters. The predicted octanol–water partition coefficient (Wildman–Crippen LogP) is 4.30. The first-order valence-electron chi connectivity index (χ1n) is 8.00.